The summed E-state index contributed by atoms with van der Waals surface area (Å²) < 4.78 is 1.70. The number of oxime groups is 1. The number of rotatable bonds is 1. The molecule has 6 heteroatoms. The van der Waals surface area contributed by atoms with E-state index in [2.05, 4.69) is 10.1 Å². The van der Waals surface area contributed by atoms with Gasteiger partial charge in [0.15, 0.2) is 0 Å². The number of anilines is 1. The van der Waals surface area contributed by atoms with Crippen molar-refractivity contribution in [3.63, 3.8) is 0 Å². The van der Waals surface area contributed by atoms with E-state index in [1.807, 2.05) is 24.3 Å². The number of hydrogen-bond acceptors (Lipinski definition) is 4. The van der Waals surface area contributed by atoms with Crippen LogP contribution in [0.5, 0.6) is 0 Å². The van der Waals surface area contributed by atoms with E-state index in [0.29, 0.717) is 24.4 Å². The summed E-state index contributed by atoms with van der Waals surface area (Å²) in [6.07, 6.45) is 3.68. The highest BCUT2D eigenvalue weighted by Gasteiger charge is 2.28. The van der Waals surface area contributed by atoms with Crippen LogP contribution in [-0.4, -0.2) is 32.9 Å². The summed E-state index contributed by atoms with van der Waals surface area (Å²) in [4.78, 5) is 18.3. The van der Waals surface area contributed by atoms with E-state index in [4.69, 9.17) is 5.21 Å². The number of amides is 1. The van der Waals surface area contributed by atoms with E-state index in [1.165, 1.54) is 0 Å². The SMILES string of the molecule is Cn1cncc1C(=O)N1CC/C(=N/O)c2ccccc21. The first kappa shape index (κ1) is 12.4. The normalized spacial score (nSPS) is 16.2. The summed E-state index contributed by atoms with van der Waals surface area (Å²) in [6.45, 7) is 0.487. The van der Waals surface area contributed by atoms with E-state index >= 15 is 0 Å². The Morgan fingerprint density at radius 1 is 1.40 bits per heavy atom. The maximum Gasteiger partial charge on any atom is 0.276 e. The molecule has 1 aromatic carbocycles. The third kappa shape index (κ3) is 1.85. The molecular formula is C14H14N4O2. The number of carbonyl (C=O) groups excluding carboxylic acids is 1. The smallest absolute Gasteiger partial charge is 0.276 e. The zero-order valence-electron chi connectivity index (χ0n) is 11.0. The molecule has 0 bridgehead atoms. The van der Waals surface area contributed by atoms with Crippen molar-refractivity contribution in [3.05, 3.63) is 48.0 Å². The minimum atomic E-state index is -0.102. The summed E-state index contributed by atoms with van der Waals surface area (Å²) in [5, 5.41) is 12.4. The van der Waals surface area contributed by atoms with Crippen LogP contribution >= 0.6 is 0 Å². The molecular weight excluding hydrogens is 256 g/mol. The minimum absolute atomic E-state index is 0.102. The van der Waals surface area contributed by atoms with Gasteiger partial charge in [-0.2, -0.15) is 0 Å². The first-order chi connectivity index (χ1) is 9.72. The third-order valence-electron chi connectivity index (χ3n) is 3.48. The van der Waals surface area contributed by atoms with Gasteiger partial charge in [0.05, 0.1) is 23.9 Å². The molecule has 0 atom stereocenters. The van der Waals surface area contributed by atoms with Crippen LogP contribution < -0.4 is 4.90 Å². The van der Waals surface area contributed by atoms with Gasteiger partial charge in [0.1, 0.15) is 5.69 Å². The fraction of sp³-hybridized carbons (Fsp3) is 0.214. The van der Waals surface area contributed by atoms with Gasteiger partial charge in [-0.25, -0.2) is 4.98 Å². The van der Waals surface area contributed by atoms with Gasteiger partial charge < -0.3 is 14.7 Å². The second-order valence-corrected chi connectivity index (χ2v) is 4.66. The Balaban J connectivity index is 2.04. The average molecular weight is 270 g/mol. The molecule has 2 aromatic rings. The second kappa shape index (κ2) is 4.80. The molecule has 0 saturated heterocycles. The van der Waals surface area contributed by atoms with Gasteiger partial charge in [-0.3, -0.25) is 4.79 Å². The summed E-state index contributed by atoms with van der Waals surface area (Å²) in [5.41, 5.74) is 2.69. The summed E-state index contributed by atoms with van der Waals surface area (Å²) >= 11 is 0. The van der Waals surface area contributed by atoms with Gasteiger partial charge in [-0.1, -0.05) is 23.4 Å². The lowest BCUT2D eigenvalue weighted by Crippen LogP contribution is -2.38. The highest BCUT2D eigenvalue weighted by molar-refractivity contribution is 6.14. The Morgan fingerprint density at radius 2 is 2.20 bits per heavy atom. The molecule has 0 saturated carbocycles. The van der Waals surface area contributed by atoms with E-state index in [9.17, 15) is 4.79 Å². The predicted molar refractivity (Wildman–Crippen MR) is 74.3 cm³/mol. The van der Waals surface area contributed by atoms with Crippen molar-refractivity contribution in [2.45, 2.75) is 6.42 Å². The van der Waals surface area contributed by atoms with Crippen molar-refractivity contribution in [2.75, 3.05) is 11.4 Å². The van der Waals surface area contributed by atoms with Crippen molar-refractivity contribution in [2.24, 2.45) is 12.2 Å². The molecule has 1 N–H and O–H groups in total. The Morgan fingerprint density at radius 3 is 2.90 bits per heavy atom. The number of benzene rings is 1. The van der Waals surface area contributed by atoms with Gasteiger partial charge >= 0.3 is 0 Å². The van der Waals surface area contributed by atoms with Crippen LogP contribution in [0.2, 0.25) is 0 Å². The van der Waals surface area contributed by atoms with Gasteiger partial charge in [-0.05, 0) is 6.07 Å². The Hall–Kier alpha value is -2.63. The topological polar surface area (TPSA) is 70.7 Å². The largest absolute Gasteiger partial charge is 0.411 e. The van der Waals surface area contributed by atoms with Crippen LogP contribution in [-0.2, 0) is 7.05 Å². The first-order valence-electron chi connectivity index (χ1n) is 6.31. The number of aromatic nitrogens is 2. The van der Waals surface area contributed by atoms with Gasteiger partial charge in [0.25, 0.3) is 5.91 Å². The molecule has 1 aliphatic heterocycles. The molecule has 3 rings (SSSR count). The number of imidazole rings is 1. The molecule has 0 aliphatic carbocycles. The van der Waals surface area contributed by atoms with Gasteiger partial charge in [0, 0.05) is 25.6 Å². The maximum atomic E-state index is 12.6. The number of hydrogen-bond donors (Lipinski definition) is 1. The lowest BCUT2D eigenvalue weighted by atomic mass is 9.99. The predicted octanol–water partition coefficient (Wildman–Crippen LogP) is 1.65. The molecule has 2 heterocycles. The van der Waals surface area contributed by atoms with Crippen molar-refractivity contribution in [3.8, 4) is 0 Å². The van der Waals surface area contributed by atoms with E-state index in [1.54, 1.807) is 29.0 Å². The highest BCUT2D eigenvalue weighted by Crippen LogP contribution is 2.28. The molecule has 0 unspecified atom stereocenters. The summed E-state index contributed by atoms with van der Waals surface area (Å²) in [5.74, 6) is -0.102. The zero-order valence-corrected chi connectivity index (χ0v) is 11.0. The standard InChI is InChI=1S/C14H14N4O2/c1-17-9-15-8-13(17)14(19)18-7-6-11(16-20)10-4-2-3-5-12(10)18/h2-5,8-9,20H,6-7H2,1H3/b16-11-. The number of fused-ring (bicyclic) bond motifs is 1. The lowest BCUT2D eigenvalue weighted by molar-refractivity contribution is 0.0979. The molecule has 0 radical (unpaired) electrons. The first-order valence-corrected chi connectivity index (χ1v) is 6.31. The molecule has 1 aromatic heterocycles. The molecule has 20 heavy (non-hydrogen) atoms. The highest BCUT2D eigenvalue weighted by atomic mass is 16.4. The van der Waals surface area contributed by atoms with Crippen LogP contribution in [0.25, 0.3) is 0 Å². The quantitative estimate of drug-likeness (QED) is 0.632. The summed E-state index contributed by atoms with van der Waals surface area (Å²) in [7, 11) is 1.79. The van der Waals surface area contributed by atoms with Crippen molar-refractivity contribution < 1.29 is 10.0 Å². The van der Waals surface area contributed by atoms with Crippen molar-refractivity contribution >= 4 is 17.3 Å². The van der Waals surface area contributed by atoms with Crippen molar-refractivity contribution in [1.82, 2.24) is 9.55 Å². The molecule has 102 valence electrons. The van der Waals surface area contributed by atoms with Crippen LogP contribution in [0.3, 0.4) is 0 Å². The number of aryl methyl sites for hydroxylation is 1. The van der Waals surface area contributed by atoms with E-state index in [0.717, 1.165) is 11.3 Å². The molecule has 1 aliphatic rings. The zero-order chi connectivity index (χ0) is 14.1. The fourth-order valence-corrected chi connectivity index (χ4v) is 2.44. The monoisotopic (exact) mass is 270 g/mol. The van der Waals surface area contributed by atoms with Gasteiger partial charge in [0.2, 0.25) is 0 Å². The van der Waals surface area contributed by atoms with E-state index in [-0.39, 0.29) is 5.91 Å². The molecule has 6 nitrogen and oxygen atoms in total. The fourth-order valence-electron chi connectivity index (χ4n) is 2.44. The average Bonchev–Trinajstić information content (AvgIpc) is 2.91. The Kier molecular flexibility index (Phi) is 2.98. The Bertz CT molecular complexity index is 690. The minimum Gasteiger partial charge on any atom is -0.411 e. The third-order valence-corrected chi connectivity index (χ3v) is 3.48. The van der Waals surface area contributed by atoms with Crippen LogP contribution in [0.1, 0.15) is 22.5 Å². The van der Waals surface area contributed by atoms with Crippen LogP contribution in [0.4, 0.5) is 5.69 Å². The Labute approximate surface area is 116 Å². The van der Waals surface area contributed by atoms with E-state index < -0.39 is 0 Å². The van der Waals surface area contributed by atoms with Crippen LogP contribution in [0.15, 0.2) is 41.9 Å². The number of nitrogens with zero attached hydrogens (tertiary/aromatic N) is 4. The van der Waals surface area contributed by atoms with Crippen LogP contribution in [0, 0.1) is 0 Å². The van der Waals surface area contributed by atoms with Crippen molar-refractivity contribution in [1.29, 1.82) is 0 Å². The maximum absolute atomic E-state index is 12.6. The molecule has 1 amide bonds. The lowest BCUT2D eigenvalue weighted by Gasteiger charge is -2.29. The summed E-state index contributed by atoms with van der Waals surface area (Å²) in [6, 6.07) is 7.44. The number of carbonyl (C=O) groups is 1. The molecule has 0 fully saturated rings. The second-order valence-electron chi connectivity index (χ2n) is 4.66. The number of para-hydroxylation sites is 1. The molecule has 0 spiro atoms. The van der Waals surface area contributed by atoms with Gasteiger partial charge in [-0.15, -0.1) is 0 Å².